The Morgan fingerprint density at radius 3 is 3.04 bits per heavy atom. The number of benzene rings is 1. The number of hydrogen-bond acceptors (Lipinski definition) is 5. The maximum atomic E-state index is 12.6. The third-order valence-electron chi connectivity index (χ3n) is 4.93. The zero-order valence-electron chi connectivity index (χ0n) is 15.0. The van der Waals surface area contributed by atoms with E-state index < -0.39 is 0 Å². The van der Waals surface area contributed by atoms with Crippen molar-refractivity contribution in [3.8, 4) is 0 Å². The maximum absolute atomic E-state index is 12.6. The van der Waals surface area contributed by atoms with E-state index >= 15 is 0 Å². The number of piperidine rings is 1. The number of H-pyrrole nitrogens is 1. The van der Waals surface area contributed by atoms with Gasteiger partial charge in [0.1, 0.15) is 11.6 Å². The van der Waals surface area contributed by atoms with Crippen LogP contribution in [0.15, 0.2) is 51.9 Å². The predicted molar refractivity (Wildman–Crippen MR) is 101 cm³/mol. The van der Waals surface area contributed by atoms with Crippen molar-refractivity contribution in [2.45, 2.75) is 25.9 Å². The molecule has 1 fully saturated rings. The Morgan fingerprint density at radius 1 is 1.30 bits per heavy atom. The largest absolute Gasteiger partial charge is 0.468 e. The Balaban J connectivity index is 1.37. The van der Waals surface area contributed by atoms with Crippen molar-refractivity contribution in [3.63, 3.8) is 0 Å². The monoisotopic (exact) mass is 366 g/mol. The summed E-state index contributed by atoms with van der Waals surface area (Å²) in [6, 6.07) is 11.0. The number of aromatic nitrogens is 2. The summed E-state index contributed by atoms with van der Waals surface area (Å²) in [6.45, 7) is 2.60. The summed E-state index contributed by atoms with van der Waals surface area (Å²) in [5, 5.41) is 3.47. The Kier molecular flexibility index (Phi) is 5.02. The molecule has 0 aliphatic carbocycles. The molecule has 140 valence electrons. The number of nitrogens with zero attached hydrogens (tertiary/aromatic N) is 2. The van der Waals surface area contributed by atoms with Gasteiger partial charge in [-0.05, 0) is 43.7 Å². The van der Waals surface area contributed by atoms with Gasteiger partial charge in [0.15, 0.2) is 0 Å². The number of aromatic amines is 1. The van der Waals surface area contributed by atoms with E-state index in [4.69, 9.17) is 4.42 Å². The van der Waals surface area contributed by atoms with Gasteiger partial charge in [-0.1, -0.05) is 12.1 Å². The zero-order chi connectivity index (χ0) is 18.6. The molecule has 1 aromatic carbocycles. The van der Waals surface area contributed by atoms with Gasteiger partial charge in [-0.15, -0.1) is 0 Å². The SMILES string of the molecule is O=C(NCc1nc2ccccc2c(=O)[nH]1)C1CCCN(Cc2ccco2)C1. The van der Waals surface area contributed by atoms with E-state index in [1.165, 1.54) is 0 Å². The molecule has 27 heavy (non-hydrogen) atoms. The predicted octanol–water partition coefficient (Wildman–Crippen LogP) is 2.04. The van der Waals surface area contributed by atoms with Crippen LogP contribution in [0, 0.1) is 5.92 Å². The van der Waals surface area contributed by atoms with E-state index in [9.17, 15) is 9.59 Å². The molecule has 4 rings (SSSR count). The molecule has 0 spiro atoms. The second-order valence-electron chi connectivity index (χ2n) is 6.90. The lowest BCUT2D eigenvalue weighted by Crippen LogP contribution is -2.42. The standard InChI is InChI=1S/C20H22N4O3/c25-19(14-5-3-9-24(12-14)13-15-6-4-10-27-15)21-11-18-22-17-8-2-1-7-16(17)20(26)23-18/h1-2,4,6-8,10,14H,3,5,9,11-13H2,(H,21,25)(H,22,23,26). The fourth-order valence-corrected chi connectivity index (χ4v) is 3.57. The van der Waals surface area contributed by atoms with Gasteiger partial charge in [0.05, 0.1) is 36.2 Å². The molecule has 1 amide bonds. The number of carbonyl (C=O) groups is 1. The van der Waals surface area contributed by atoms with Crippen molar-refractivity contribution in [2.24, 2.45) is 5.92 Å². The highest BCUT2D eigenvalue weighted by Gasteiger charge is 2.26. The first-order valence-corrected chi connectivity index (χ1v) is 9.19. The van der Waals surface area contributed by atoms with Gasteiger partial charge < -0.3 is 14.7 Å². The number of carbonyl (C=O) groups excluding carboxylic acids is 1. The molecular formula is C20H22N4O3. The van der Waals surface area contributed by atoms with Crippen LogP contribution in [0.3, 0.4) is 0 Å². The molecule has 2 aromatic heterocycles. The summed E-state index contributed by atoms with van der Waals surface area (Å²) in [5.74, 6) is 1.31. The Labute approximate surface area is 156 Å². The van der Waals surface area contributed by atoms with Crippen LogP contribution >= 0.6 is 0 Å². The van der Waals surface area contributed by atoms with Gasteiger partial charge >= 0.3 is 0 Å². The van der Waals surface area contributed by atoms with Crippen LogP contribution in [0.5, 0.6) is 0 Å². The first-order chi connectivity index (χ1) is 13.2. The number of likely N-dealkylation sites (tertiary alicyclic amines) is 1. The molecule has 0 bridgehead atoms. The minimum absolute atomic E-state index is 0.00467. The van der Waals surface area contributed by atoms with Crippen LogP contribution in [0.2, 0.25) is 0 Å². The van der Waals surface area contributed by atoms with Crippen molar-refractivity contribution >= 4 is 16.8 Å². The average Bonchev–Trinajstić information content (AvgIpc) is 3.19. The summed E-state index contributed by atoms with van der Waals surface area (Å²) in [6.07, 6.45) is 3.51. The molecule has 1 aliphatic rings. The maximum Gasteiger partial charge on any atom is 0.258 e. The molecule has 2 N–H and O–H groups in total. The second kappa shape index (κ2) is 7.75. The minimum atomic E-state index is -0.188. The third kappa shape index (κ3) is 4.09. The van der Waals surface area contributed by atoms with E-state index in [1.807, 2.05) is 18.2 Å². The number of amides is 1. The van der Waals surface area contributed by atoms with E-state index in [0.717, 1.165) is 31.7 Å². The van der Waals surface area contributed by atoms with Gasteiger partial charge in [-0.2, -0.15) is 0 Å². The lowest BCUT2D eigenvalue weighted by Gasteiger charge is -2.31. The highest BCUT2D eigenvalue weighted by Crippen LogP contribution is 2.19. The second-order valence-corrected chi connectivity index (χ2v) is 6.90. The fraction of sp³-hybridized carbons (Fsp3) is 0.350. The molecule has 0 radical (unpaired) electrons. The van der Waals surface area contributed by atoms with E-state index in [1.54, 1.807) is 24.5 Å². The van der Waals surface area contributed by atoms with Crippen LogP contribution in [-0.4, -0.2) is 33.9 Å². The number of furan rings is 1. The van der Waals surface area contributed by atoms with Gasteiger partial charge in [-0.25, -0.2) is 4.98 Å². The lowest BCUT2D eigenvalue weighted by molar-refractivity contribution is -0.127. The van der Waals surface area contributed by atoms with Gasteiger partial charge in [0.25, 0.3) is 5.56 Å². The van der Waals surface area contributed by atoms with E-state index in [0.29, 0.717) is 23.3 Å². The number of fused-ring (bicyclic) bond motifs is 1. The minimum Gasteiger partial charge on any atom is -0.468 e. The summed E-state index contributed by atoms with van der Waals surface area (Å²) in [5.41, 5.74) is 0.444. The molecule has 1 atom stereocenters. The highest BCUT2D eigenvalue weighted by atomic mass is 16.3. The number of nitrogens with one attached hydrogen (secondary N) is 2. The third-order valence-corrected chi connectivity index (χ3v) is 4.93. The summed E-state index contributed by atoms with van der Waals surface area (Å²) in [7, 11) is 0. The molecule has 7 heteroatoms. The lowest BCUT2D eigenvalue weighted by atomic mass is 9.97. The molecule has 1 aliphatic heterocycles. The zero-order valence-corrected chi connectivity index (χ0v) is 15.0. The summed E-state index contributed by atoms with van der Waals surface area (Å²) >= 11 is 0. The van der Waals surface area contributed by atoms with Crippen molar-refractivity contribution in [3.05, 3.63) is 64.6 Å². The van der Waals surface area contributed by atoms with Crippen LogP contribution in [-0.2, 0) is 17.9 Å². The number of hydrogen-bond donors (Lipinski definition) is 2. The number of para-hydroxylation sites is 1. The van der Waals surface area contributed by atoms with Gasteiger partial charge in [-0.3, -0.25) is 14.5 Å². The Morgan fingerprint density at radius 2 is 2.19 bits per heavy atom. The molecule has 1 unspecified atom stereocenters. The normalized spacial score (nSPS) is 17.9. The van der Waals surface area contributed by atoms with Crippen molar-refractivity contribution in [1.82, 2.24) is 20.2 Å². The topological polar surface area (TPSA) is 91.2 Å². The first-order valence-electron chi connectivity index (χ1n) is 9.19. The fourth-order valence-electron chi connectivity index (χ4n) is 3.57. The smallest absolute Gasteiger partial charge is 0.258 e. The quantitative estimate of drug-likeness (QED) is 0.721. The van der Waals surface area contributed by atoms with E-state index in [2.05, 4.69) is 20.2 Å². The van der Waals surface area contributed by atoms with Gasteiger partial charge in [0, 0.05) is 6.54 Å². The Hall–Kier alpha value is -2.93. The molecular weight excluding hydrogens is 344 g/mol. The van der Waals surface area contributed by atoms with Crippen molar-refractivity contribution < 1.29 is 9.21 Å². The summed E-state index contributed by atoms with van der Waals surface area (Å²) in [4.78, 5) is 34.1. The average molecular weight is 366 g/mol. The first kappa shape index (κ1) is 17.5. The van der Waals surface area contributed by atoms with Crippen LogP contribution in [0.1, 0.15) is 24.4 Å². The van der Waals surface area contributed by atoms with Crippen molar-refractivity contribution in [1.29, 1.82) is 0 Å². The van der Waals surface area contributed by atoms with Gasteiger partial charge in [0.2, 0.25) is 5.91 Å². The van der Waals surface area contributed by atoms with E-state index in [-0.39, 0.29) is 23.9 Å². The van der Waals surface area contributed by atoms with Crippen molar-refractivity contribution in [2.75, 3.05) is 13.1 Å². The molecule has 7 nitrogen and oxygen atoms in total. The molecule has 1 saturated heterocycles. The highest BCUT2D eigenvalue weighted by molar-refractivity contribution is 5.79. The van der Waals surface area contributed by atoms with Crippen LogP contribution < -0.4 is 10.9 Å². The molecule has 3 heterocycles. The molecule has 0 saturated carbocycles. The summed E-state index contributed by atoms with van der Waals surface area (Å²) < 4.78 is 5.40. The number of rotatable bonds is 5. The van der Waals surface area contributed by atoms with Crippen LogP contribution in [0.25, 0.3) is 10.9 Å². The Bertz CT molecular complexity index is 980. The molecule has 3 aromatic rings. The van der Waals surface area contributed by atoms with Crippen LogP contribution in [0.4, 0.5) is 0 Å².